The Hall–Kier alpha value is -3.66. The zero-order chi connectivity index (χ0) is 21.8. The van der Waals surface area contributed by atoms with E-state index in [0.29, 0.717) is 30.1 Å². The highest BCUT2D eigenvalue weighted by atomic mass is 16.5. The molecule has 4 rings (SSSR count). The summed E-state index contributed by atoms with van der Waals surface area (Å²) in [7, 11) is 0. The quantitative estimate of drug-likeness (QED) is 0.590. The van der Waals surface area contributed by atoms with Crippen molar-refractivity contribution in [2.75, 3.05) is 36.0 Å². The molecule has 2 aromatic carbocycles. The molecule has 1 fully saturated rings. The molecule has 1 aromatic heterocycles. The van der Waals surface area contributed by atoms with Gasteiger partial charge in [-0.1, -0.05) is 30.3 Å². The minimum Gasteiger partial charge on any atom is -0.462 e. The number of rotatable bonds is 5. The van der Waals surface area contributed by atoms with E-state index in [1.807, 2.05) is 42.5 Å². The molecule has 7 heteroatoms. The van der Waals surface area contributed by atoms with E-state index in [2.05, 4.69) is 33.0 Å². The van der Waals surface area contributed by atoms with Gasteiger partial charge >= 0.3 is 5.97 Å². The molecule has 31 heavy (non-hydrogen) atoms. The van der Waals surface area contributed by atoms with Gasteiger partial charge in [0.15, 0.2) is 11.7 Å². The lowest BCUT2D eigenvalue weighted by atomic mass is 10.1. The van der Waals surface area contributed by atoms with Gasteiger partial charge in [0.05, 0.1) is 23.2 Å². The molecule has 1 atom stereocenters. The second-order valence-electron chi connectivity index (χ2n) is 7.78. The average molecular weight is 415 g/mol. The Balaban J connectivity index is 1.67. The lowest BCUT2D eigenvalue weighted by Crippen LogP contribution is -2.47. The van der Waals surface area contributed by atoms with Crippen molar-refractivity contribution < 1.29 is 9.53 Å². The lowest BCUT2D eigenvalue weighted by Gasteiger charge is -2.37. The minimum atomic E-state index is -1.12. The van der Waals surface area contributed by atoms with Crippen LogP contribution in [0.1, 0.15) is 25.5 Å². The standard InChI is InChI=1S/C24H25N5O2/c1-17(2)31-24(30)19(16-25)22-23(27-21-11-7-6-10-20(21)26-22)29-14-12-28(13-15-29)18-8-4-3-5-9-18/h3-11,17,19H,12-15H2,1-2H3/t19-/m1/s1. The molecule has 0 unspecified atom stereocenters. The number of aromatic nitrogens is 2. The normalized spacial score (nSPS) is 15.0. The van der Waals surface area contributed by atoms with E-state index in [1.54, 1.807) is 13.8 Å². The first-order valence-corrected chi connectivity index (χ1v) is 10.5. The molecular formula is C24H25N5O2. The highest BCUT2D eigenvalue weighted by Gasteiger charge is 2.31. The Morgan fingerprint density at radius 3 is 2.13 bits per heavy atom. The summed E-state index contributed by atoms with van der Waals surface area (Å²) in [4.78, 5) is 26.6. The van der Waals surface area contributed by atoms with Crippen LogP contribution in [0.25, 0.3) is 11.0 Å². The lowest BCUT2D eigenvalue weighted by molar-refractivity contribution is -0.147. The highest BCUT2D eigenvalue weighted by molar-refractivity contribution is 5.85. The molecule has 3 aromatic rings. The Morgan fingerprint density at radius 2 is 1.52 bits per heavy atom. The second kappa shape index (κ2) is 9.00. The van der Waals surface area contributed by atoms with Crippen LogP contribution < -0.4 is 9.80 Å². The molecule has 1 aliphatic rings. The maximum Gasteiger partial charge on any atom is 0.329 e. The smallest absolute Gasteiger partial charge is 0.329 e. The average Bonchev–Trinajstić information content (AvgIpc) is 2.79. The number of hydrogen-bond acceptors (Lipinski definition) is 7. The zero-order valence-corrected chi connectivity index (χ0v) is 17.7. The number of fused-ring (bicyclic) bond motifs is 1. The Bertz CT molecular complexity index is 1100. The van der Waals surface area contributed by atoms with Crippen molar-refractivity contribution in [2.24, 2.45) is 0 Å². The van der Waals surface area contributed by atoms with Crippen LogP contribution in [0, 0.1) is 11.3 Å². The summed E-state index contributed by atoms with van der Waals surface area (Å²) in [6.45, 7) is 6.58. The van der Waals surface area contributed by atoms with Gasteiger partial charge in [-0.25, -0.2) is 9.97 Å². The van der Waals surface area contributed by atoms with Crippen molar-refractivity contribution in [3.05, 3.63) is 60.3 Å². The summed E-state index contributed by atoms with van der Waals surface area (Å²) in [5, 5.41) is 9.80. The maximum atomic E-state index is 12.7. The van der Waals surface area contributed by atoms with Crippen LogP contribution in [0.15, 0.2) is 54.6 Å². The molecule has 0 spiro atoms. The molecule has 0 saturated carbocycles. The highest BCUT2D eigenvalue weighted by Crippen LogP contribution is 2.29. The van der Waals surface area contributed by atoms with Gasteiger partial charge in [-0.05, 0) is 38.1 Å². The molecule has 7 nitrogen and oxygen atoms in total. The van der Waals surface area contributed by atoms with Gasteiger partial charge in [0.2, 0.25) is 0 Å². The first-order chi connectivity index (χ1) is 15.1. The van der Waals surface area contributed by atoms with E-state index in [4.69, 9.17) is 9.72 Å². The number of anilines is 2. The number of benzene rings is 2. The monoisotopic (exact) mass is 415 g/mol. The van der Waals surface area contributed by atoms with Gasteiger partial charge in [-0.15, -0.1) is 0 Å². The number of carbonyl (C=O) groups excluding carboxylic acids is 1. The fraction of sp³-hybridized carbons (Fsp3) is 0.333. The van der Waals surface area contributed by atoms with Crippen molar-refractivity contribution in [2.45, 2.75) is 25.9 Å². The fourth-order valence-corrected chi connectivity index (χ4v) is 3.77. The summed E-state index contributed by atoms with van der Waals surface area (Å²) in [6.07, 6.45) is -0.311. The molecule has 158 valence electrons. The van der Waals surface area contributed by atoms with Gasteiger partial charge in [0.1, 0.15) is 5.69 Å². The number of carbonyl (C=O) groups is 1. The van der Waals surface area contributed by atoms with Crippen LogP contribution in [-0.2, 0) is 9.53 Å². The van der Waals surface area contributed by atoms with E-state index in [1.165, 1.54) is 5.69 Å². The predicted octanol–water partition coefficient (Wildman–Crippen LogP) is 3.52. The second-order valence-corrected chi connectivity index (χ2v) is 7.78. The summed E-state index contributed by atoms with van der Waals surface area (Å²) in [6, 6.07) is 19.9. The summed E-state index contributed by atoms with van der Waals surface area (Å²) in [5.41, 5.74) is 2.94. The molecule has 0 aliphatic carbocycles. The molecule has 0 bridgehead atoms. The van der Waals surface area contributed by atoms with Crippen LogP contribution in [0.3, 0.4) is 0 Å². The van der Waals surface area contributed by atoms with E-state index in [0.717, 1.165) is 18.6 Å². The van der Waals surface area contributed by atoms with Crippen LogP contribution in [-0.4, -0.2) is 48.2 Å². The molecule has 0 N–H and O–H groups in total. The third kappa shape index (κ3) is 4.43. The number of para-hydroxylation sites is 3. The van der Waals surface area contributed by atoms with Crippen molar-refractivity contribution in [1.82, 2.24) is 9.97 Å². The topological polar surface area (TPSA) is 82.3 Å². The van der Waals surface area contributed by atoms with Crippen molar-refractivity contribution >= 4 is 28.5 Å². The third-order valence-corrected chi connectivity index (χ3v) is 5.27. The maximum absolute atomic E-state index is 12.7. The third-order valence-electron chi connectivity index (χ3n) is 5.27. The molecule has 2 heterocycles. The number of nitriles is 1. The van der Waals surface area contributed by atoms with Gasteiger partial charge in [0.25, 0.3) is 0 Å². The minimum absolute atomic E-state index is 0.311. The molecular weight excluding hydrogens is 390 g/mol. The van der Waals surface area contributed by atoms with Gasteiger partial charge in [0, 0.05) is 31.9 Å². The zero-order valence-electron chi connectivity index (χ0n) is 17.7. The van der Waals surface area contributed by atoms with Gasteiger partial charge < -0.3 is 14.5 Å². The molecule has 1 saturated heterocycles. The fourth-order valence-electron chi connectivity index (χ4n) is 3.77. The first-order valence-electron chi connectivity index (χ1n) is 10.5. The van der Waals surface area contributed by atoms with Crippen LogP contribution in [0.5, 0.6) is 0 Å². The van der Waals surface area contributed by atoms with E-state index in [9.17, 15) is 10.1 Å². The molecule has 0 radical (unpaired) electrons. The van der Waals surface area contributed by atoms with Crippen LogP contribution in [0.4, 0.5) is 11.5 Å². The Labute approximate surface area is 181 Å². The summed E-state index contributed by atoms with van der Waals surface area (Å²) < 4.78 is 5.33. The van der Waals surface area contributed by atoms with Crippen molar-refractivity contribution in [3.8, 4) is 6.07 Å². The van der Waals surface area contributed by atoms with Crippen molar-refractivity contribution in [3.63, 3.8) is 0 Å². The van der Waals surface area contributed by atoms with E-state index in [-0.39, 0.29) is 6.10 Å². The van der Waals surface area contributed by atoms with Crippen LogP contribution >= 0.6 is 0 Å². The van der Waals surface area contributed by atoms with Gasteiger partial charge in [-0.3, -0.25) is 4.79 Å². The van der Waals surface area contributed by atoms with E-state index < -0.39 is 11.9 Å². The van der Waals surface area contributed by atoms with Crippen molar-refractivity contribution in [1.29, 1.82) is 5.26 Å². The number of piperazine rings is 1. The SMILES string of the molecule is CC(C)OC(=O)[C@H](C#N)c1nc2ccccc2nc1N1CCN(c2ccccc2)CC1. The number of hydrogen-bond donors (Lipinski definition) is 0. The Morgan fingerprint density at radius 1 is 0.935 bits per heavy atom. The largest absolute Gasteiger partial charge is 0.462 e. The molecule has 0 amide bonds. The summed E-state index contributed by atoms with van der Waals surface area (Å²) in [5.74, 6) is -1.13. The first kappa shape index (κ1) is 20.6. The summed E-state index contributed by atoms with van der Waals surface area (Å²) >= 11 is 0. The number of ether oxygens (including phenoxy) is 1. The molecule has 1 aliphatic heterocycles. The van der Waals surface area contributed by atoms with E-state index >= 15 is 0 Å². The number of esters is 1. The van der Waals surface area contributed by atoms with Gasteiger partial charge in [-0.2, -0.15) is 5.26 Å². The van der Waals surface area contributed by atoms with Crippen LogP contribution in [0.2, 0.25) is 0 Å². The number of nitrogens with zero attached hydrogens (tertiary/aromatic N) is 5. The predicted molar refractivity (Wildman–Crippen MR) is 120 cm³/mol. The Kier molecular flexibility index (Phi) is 5.99.